The summed E-state index contributed by atoms with van der Waals surface area (Å²) >= 11 is 0. The van der Waals surface area contributed by atoms with Gasteiger partial charge < -0.3 is 16.2 Å². The second-order valence-electron chi connectivity index (χ2n) is 5.08. The summed E-state index contributed by atoms with van der Waals surface area (Å²) in [6, 6.07) is 9.15. The first-order valence-corrected chi connectivity index (χ1v) is 6.38. The summed E-state index contributed by atoms with van der Waals surface area (Å²) in [5.74, 6) is -0.174. The largest absolute Gasteiger partial charge is 0.394 e. The number of rotatable bonds is 5. The van der Waals surface area contributed by atoms with E-state index in [1.54, 1.807) is 0 Å². The van der Waals surface area contributed by atoms with Crippen molar-refractivity contribution in [2.45, 2.75) is 37.3 Å². The molecule has 1 aromatic carbocycles. The van der Waals surface area contributed by atoms with Crippen LogP contribution in [0.1, 0.15) is 24.8 Å². The predicted octanol–water partition coefficient (Wildman–Crippen LogP) is 0.588. The van der Waals surface area contributed by atoms with Crippen molar-refractivity contribution in [3.8, 4) is 0 Å². The van der Waals surface area contributed by atoms with E-state index in [-0.39, 0.29) is 12.5 Å². The van der Waals surface area contributed by atoms with Crippen molar-refractivity contribution in [1.29, 1.82) is 0 Å². The van der Waals surface area contributed by atoms with Crippen molar-refractivity contribution in [3.05, 3.63) is 35.9 Å². The lowest BCUT2D eigenvalue weighted by Crippen LogP contribution is -2.59. The minimum atomic E-state index is -0.559. The molecule has 1 aliphatic rings. The van der Waals surface area contributed by atoms with Crippen LogP contribution in [0, 0.1) is 0 Å². The van der Waals surface area contributed by atoms with Crippen LogP contribution in [0.25, 0.3) is 0 Å². The van der Waals surface area contributed by atoms with Crippen LogP contribution in [0.15, 0.2) is 30.3 Å². The third kappa shape index (κ3) is 2.89. The van der Waals surface area contributed by atoms with E-state index in [4.69, 9.17) is 5.73 Å². The molecule has 1 saturated carbocycles. The van der Waals surface area contributed by atoms with Crippen molar-refractivity contribution in [3.63, 3.8) is 0 Å². The molecule has 18 heavy (non-hydrogen) atoms. The third-order valence-corrected chi connectivity index (χ3v) is 3.64. The number of carbonyl (C=O) groups is 1. The molecule has 0 unspecified atom stereocenters. The molecular weight excluding hydrogens is 228 g/mol. The van der Waals surface area contributed by atoms with E-state index < -0.39 is 11.6 Å². The molecule has 1 amide bonds. The molecule has 0 spiro atoms. The zero-order valence-electron chi connectivity index (χ0n) is 10.4. The molecule has 1 aromatic rings. The Morgan fingerprint density at radius 2 is 2.06 bits per heavy atom. The average Bonchev–Trinajstić information content (AvgIpc) is 2.34. The van der Waals surface area contributed by atoms with E-state index in [0.717, 1.165) is 24.8 Å². The summed E-state index contributed by atoms with van der Waals surface area (Å²) in [6.07, 6.45) is 3.25. The minimum absolute atomic E-state index is 0.00318. The Bertz CT molecular complexity index is 396. The number of nitrogens with two attached hydrogens (primary N) is 1. The first-order chi connectivity index (χ1) is 8.65. The Kier molecular flexibility index (Phi) is 3.99. The van der Waals surface area contributed by atoms with Crippen LogP contribution in [0.3, 0.4) is 0 Å². The smallest absolute Gasteiger partial charge is 0.237 e. The SMILES string of the molecule is N[C@@H](Cc1ccccc1)C(=O)NC1(CO)CCC1. The Balaban J connectivity index is 1.89. The summed E-state index contributed by atoms with van der Waals surface area (Å²) in [5, 5.41) is 12.2. The van der Waals surface area contributed by atoms with Gasteiger partial charge in [-0.25, -0.2) is 0 Å². The molecule has 4 heteroatoms. The molecule has 0 aliphatic heterocycles. The lowest BCUT2D eigenvalue weighted by molar-refractivity contribution is -0.126. The van der Waals surface area contributed by atoms with Crippen LogP contribution >= 0.6 is 0 Å². The van der Waals surface area contributed by atoms with Gasteiger partial charge in [0.2, 0.25) is 5.91 Å². The topological polar surface area (TPSA) is 75.4 Å². The standard InChI is InChI=1S/C14H20N2O2/c15-12(9-11-5-2-1-3-6-11)13(18)16-14(10-17)7-4-8-14/h1-3,5-6,12,17H,4,7-10,15H2,(H,16,18)/t12-/m0/s1. The van der Waals surface area contributed by atoms with Crippen LogP contribution in [-0.2, 0) is 11.2 Å². The van der Waals surface area contributed by atoms with Crippen molar-refractivity contribution in [2.75, 3.05) is 6.61 Å². The molecule has 4 N–H and O–H groups in total. The van der Waals surface area contributed by atoms with Crippen molar-refractivity contribution >= 4 is 5.91 Å². The Morgan fingerprint density at radius 1 is 1.39 bits per heavy atom. The van der Waals surface area contributed by atoms with E-state index in [0.29, 0.717) is 6.42 Å². The highest BCUT2D eigenvalue weighted by atomic mass is 16.3. The Morgan fingerprint density at radius 3 is 2.56 bits per heavy atom. The zero-order valence-corrected chi connectivity index (χ0v) is 10.4. The molecule has 1 aliphatic carbocycles. The fourth-order valence-corrected chi connectivity index (χ4v) is 2.24. The number of hydrogen-bond acceptors (Lipinski definition) is 3. The van der Waals surface area contributed by atoms with E-state index in [9.17, 15) is 9.90 Å². The zero-order chi connectivity index (χ0) is 13.0. The van der Waals surface area contributed by atoms with Gasteiger partial charge in [-0.3, -0.25) is 4.79 Å². The quantitative estimate of drug-likeness (QED) is 0.714. The highest BCUT2D eigenvalue weighted by molar-refractivity contribution is 5.82. The number of nitrogens with one attached hydrogen (secondary N) is 1. The molecule has 0 saturated heterocycles. The maximum atomic E-state index is 12.0. The molecule has 0 bridgehead atoms. The summed E-state index contributed by atoms with van der Waals surface area (Å²) in [7, 11) is 0. The fraction of sp³-hybridized carbons (Fsp3) is 0.500. The van der Waals surface area contributed by atoms with Gasteiger partial charge in [0.05, 0.1) is 18.2 Å². The lowest BCUT2D eigenvalue weighted by Gasteiger charge is -2.41. The lowest BCUT2D eigenvalue weighted by atomic mass is 9.77. The summed E-state index contributed by atoms with van der Waals surface area (Å²) in [4.78, 5) is 12.0. The van der Waals surface area contributed by atoms with Gasteiger partial charge in [0.1, 0.15) is 0 Å². The number of amides is 1. The van der Waals surface area contributed by atoms with Gasteiger partial charge in [-0.2, -0.15) is 0 Å². The number of aliphatic hydroxyl groups excluding tert-OH is 1. The number of benzene rings is 1. The molecule has 1 fully saturated rings. The van der Waals surface area contributed by atoms with Gasteiger partial charge in [0, 0.05) is 0 Å². The monoisotopic (exact) mass is 248 g/mol. The molecule has 0 heterocycles. The number of hydrogen-bond donors (Lipinski definition) is 3. The molecule has 0 aromatic heterocycles. The van der Waals surface area contributed by atoms with Gasteiger partial charge in [0.15, 0.2) is 0 Å². The van der Waals surface area contributed by atoms with Crippen molar-refractivity contribution in [2.24, 2.45) is 5.73 Å². The van der Waals surface area contributed by atoms with Gasteiger partial charge in [-0.15, -0.1) is 0 Å². The molecule has 98 valence electrons. The fourth-order valence-electron chi connectivity index (χ4n) is 2.24. The maximum absolute atomic E-state index is 12.0. The first-order valence-electron chi connectivity index (χ1n) is 6.38. The molecule has 4 nitrogen and oxygen atoms in total. The van der Waals surface area contributed by atoms with Gasteiger partial charge in [0.25, 0.3) is 0 Å². The Labute approximate surface area is 107 Å². The van der Waals surface area contributed by atoms with Crippen LogP contribution in [0.5, 0.6) is 0 Å². The van der Waals surface area contributed by atoms with E-state index in [1.165, 1.54) is 0 Å². The minimum Gasteiger partial charge on any atom is -0.394 e. The highest BCUT2D eigenvalue weighted by Crippen LogP contribution is 2.31. The summed E-state index contributed by atoms with van der Waals surface area (Å²) in [5.41, 5.74) is 6.53. The van der Waals surface area contributed by atoms with Crippen LogP contribution in [-0.4, -0.2) is 29.2 Å². The maximum Gasteiger partial charge on any atom is 0.237 e. The average molecular weight is 248 g/mol. The second-order valence-corrected chi connectivity index (χ2v) is 5.08. The van der Waals surface area contributed by atoms with E-state index in [2.05, 4.69) is 5.32 Å². The summed E-state index contributed by atoms with van der Waals surface area (Å²) < 4.78 is 0. The molecule has 1 atom stereocenters. The molecule has 0 radical (unpaired) electrons. The van der Waals surface area contributed by atoms with Crippen molar-refractivity contribution in [1.82, 2.24) is 5.32 Å². The third-order valence-electron chi connectivity index (χ3n) is 3.64. The van der Waals surface area contributed by atoms with Crippen LogP contribution in [0.4, 0.5) is 0 Å². The normalized spacial score (nSPS) is 18.8. The van der Waals surface area contributed by atoms with Gasteiger partial charge in [-0.1, -0.05) is 30.3 Å². The van der Waals surface area contributed by atoms with E-state index in [1.807, 2.05) is 30.3 Å². The molecular formula is C14H20N2O2. The highest BCUT2D eigenvalue weighted by Gasteiger charge is 2.38. The number of carbonyl (C=O) groups excluding carboxylic acids is 1. The van der Waals surface area contributed by atoms with Crippen LogP contribution < -0.4 is 11.1 Å². The first kappa shape index (κ1) is 13.1. The van der Waals surface area contributed by atoms with Crippen molar-refractivity contribution < 1.29 is 9.90 Å². The van der Waals surface area contributed by atoms with Gasteiger partial charge in [-0.05, 0) is 31.2 Å². The summed E-state index contributed by atoms with van der Waals surface area (Å²) in [6.45, 7) is -0.00318. The van der Waals surface area contributed by atoms with Crippen LogP contribution in [0.2, 0.25) is 0 Å². The second kappa shape index (κ2) is 5.50. The Hall–Kier alpha value is -1.39. The predicted molar refractivity (Wildman–Crippen MR) is 69.9 cm³/mol. The van der Waals surface area contributed by atoms with Gasteiger partial charge >= 0.3 is 0 Å². The number of aliphatic hydroxyl groups is 1. The van der Waals surface area contributed by atoms with E-state index >= 15 is 0 Å². The molecule has 2 rings (SSSR count).